The molecule has 0 aliphatic heterocycles. The van der Waals surface area contributed by atoms with E-state index in [1.807, 2.05) is 20.8 Å². The Morgan fingerprint density at radius 1 is 1.22 bits per heavy atom. The standard InChI is InChI=1S/C14H22N2O2/c1-4-7-13(17)12-8-9-15(10-12)11-14(18)16(5-2)6-3/h8-10H,4-7,11H2,1-3H3. The van der Waals surface area contributed by atoms with Gasteiger partial charge in [0.25, 0.3) is 0 Å². The molecule has 1 aromatic rings. The minimum Gasteiger partial charge on any atom is -0.344 e. The van der Waals surface area contributed by atoms with Crippen LogP contribution in [-0.4, -0.2) is 34.2 Å². The summed E-state index contributed by atoms with van der Waals surface area (Å²) in [6, 6.07) is 1.79. The van der Waals surface area contributed by atoms with Gasteiger partial charge in [-0.3, -0.25) is 9.59 Å². The Morgan fingerprint density at radius 2 is 1.89 bits per heavy atom. The molecule has 0 bridgehead atoms. The topological polar surface area (TPSA) is 42.3 Å². The number of Topliss-reactive ketones (excluding diaryl/α,β-unsaturated/α-hetero) is 1. The van der Waals surface area contributed by atoms with Gasteiger partial charge >= 0.3 is 0 Å². The second-order valence-corrected chi connectivity index (χ2v) is 4.31. The SMILES string of the molecule is CCCC(=O)c1ccn(CC(=O)N(CC)CC)c1. The lowest BCUT2D eigenvalue weighted by Gasteiger charge is -2.18. The zero-order chi connectivity index (χ0) is 13.5. The van der Waals surface area contributed by atoms with Crippen LogP contribution in [0.25, 0.3) is 0 Å². The Labute approximate surface area is 109 Å². The first-order chi connectivity index (χ1) is 8.62. The van der Waals surface area contributed by atoms with Gasteiger partial charge < -0.3 is 9.47 Å². The molecule has 100 valence electrons. The van der Waals surface area contributed by atoms with Crippen LogP contribution in [0.5, 0.6) is 0 Å². The van der Waals surface area contributed by atoms with E-state index in [2.05, 4.69) is 0 Å². The summed E-state index contributed by atoms with van der Waals surface area (Å²) in [6.07, 6.45) is 4.97. The van der Waals surface area contributed by atoms with Gasteiger partial charge in [0, 0.05) is 37.5 Å². The molecular weight excluding hydrogens is 228 g/mol. The van der Waals surface area contributed by atoms with Crippen LogP contribution in [0.4, 0.5) is 0 Å². The molecule has 0 aliphatic carbocycles. The molecule has 0 aromatic carbocycles. The number of hydrogen-bond donors (Lipinski definition) is 0. The van der Waals surface area contributed by atoms with E-state index in [0.29, 0.717) is 18.5 Å². The zero-order valence-electron chi connectivity index (χ0n) is 11.5. The summed E-state index contributed by atoms with van der Waals surface area (Å²) in [6.45, 7) is 7.66. The molecule has 1 aromatic heterocycles. The van der Waals surface area contributed by atoms with Crippen LogP contribution < -0.4 is 0 Å². The third kappa shape index (κ3) is 3.72. The highest BCUT2D eigenvalue weighted by atomic mass is 16.2. The van der Waals surface area contributed by atoms with Crippen molar-refractivity contribution >= 4 is 11.7 Å². The van der Waals surface area contributed by atoms with Crippen molar-refractivity contribution in [3.05, 3.63) is 24.0 Å². The fraction of sp³-hybridized carbons (Fsp3) is 0.571. The van der Waals surface area contributed by atoms with E-state index >= 15 is 0 Å². The normalized spacial score (nSPS) is 10.4. The molecule has 1 rings (SSSR count). The third-order valence-corrected chi connectivity index (χ3v) is 2.98. The van der Waals surface area contributed by atoms with Gasteiger partial charge in [-0.1, -0.05) is 6.92 Å². The molecule has 0 spiro atoms. The first kappa shape index (κ1) is 14.5. The van der Waals surface area contributed by atoms with Crippen molar-refractivity contribution in [2.45, 2.75) is 40.2 Å². The van der Waals surface area contributed by atoms with Crippen LogP contribution in [0.1, 0.15) is 44.0 Å². The van der Waals surface area contributed by atoms with Crippen molar-refractivity contribution in [2.24, 2.45) is 0 Å². The number of aromatic nitrogens is 1. The highest BCUT2D eigenvalue weighted by molar-refractivity contribution is 5.95. The van der Waals surface area contributed by atoms with Crippen molar-refractivity contribution in [1.29, 1.82) is 0 Å². The van der Waals surface area contributed by atoms with Crippen molar-refractivity contribution in [3.63, 3.8) is 0 Å². The molecule has 0 atom stereocenters. The summed E-state index contributed by atoms with van der Waals surface area (Å²) in [5.41, 5.74) is 0.698. The second kappa shape index (κ2) is 6.99. The van der Waals surface area contributed by atoms with E-state index < -0.39 is 0 Å². The maximum Gasteiger partial charge on any atom is 0.242 e. The largest absolute Gasteiger partial charge is 0.344 e. The molecule has 0 saturated carbocycles. The second-order valence-electron chi connectivity index (χ2n) is 4.31. The number of carbonyl (C=O) groups excluding carboxylic acids is 2. The van der Waals surface area contributed by atoms with Crippen LogP contribution in [-0.2, 0) is 11.3 Å². The van der Waals surface area contributed by atoms with E-state index in [9.17, 15) is 9.59 Å². The molecule has 0 saturated heterocycles. The van der Waals surface area contributed by atoms with Gasteiger partial charge in [-0.15, -0.1) is 0 Å². The molecule has 4 nitrogen and oxygen atoms in total. The molecule has 0 fully saturated rings. The lowest BCUT2D eigenvalue weighted by molar-refractivity contribution is -0.131. The summed E-state index contributed by atoms with van der Waals surface area (Å²) in [7, 11) is 0. The molecule has 1 heterocycles. The number of hydrogen-bond acceptors (Lipinski definition) is 2. The summed E-state index contributed by atoms with van der Waals surface area (Å²) < 4.78 is 1.78. The third-order valence-electron chi connectivity index (χ3n) is 2.98. The Bertz CT molecular complexity index is 406. The van der Waals surface area contributed by atoms with Crippen LogP contribution >= 0.6 is 0 Å². The van der Waals surface area contributed by atoms with E-state index in [1.54, 1.807) is 27.9 Å². The first-order valence-corrected chi connectivity index (χ1v) is 6.59. The maximum atomic E-state index is 11.9. The number of carbonyl (C=O) groups is 2. The summed E-state index contributed by atoms with van der Waals surface area (Å²) in [4.78, 5) is 25.4. The van der Waals surface area contributed by atoms with Gasteiger partial charge in [-0.05, 0) is 26.3 Å². The molecule has 18 heavy (non-hydrogen) atoms. The lowest BCUT2D eigenvalue weighted by Crippen LogP contribution is -2.33. The quantitative estimate of drug-likeness (QED) is 0.697. The summed E-state index contributed by atoms with van der Waals surface area (Å²) in [5, 5.41) is 0. The first-order valence-electron chi connectivity index (χ1n) is 6.59. The Balaban J connectivity index is 2.64. The minimum atomic E-state index is 0.0880. The molecule has 0 aliphatic rings. The summed E-state index contributed by atoms with van der Waals surface area (Å²) >= 11 is 0. The molecule has 1 amide bonds. The van der Waals surface area contributed by atoms with Gasteiger partial charge in [0.2, 0.25) is 5.91 Å². The molecule has 0 unspecified atom stereocenters. The fourth-order valence-corrected chi connectivity index (χ4v) is 1.91. The van der Waals surface area contributed by atoms with Crippen molar-refractivity contribution in [1.82, 2.24) is 9.47 Å². The monoisotopic (exact) mass is 250 g/mol. The molecular formula is C14H22N2O2. The Hall–Kier alpha value is -1.58. The smallest absolute Gasteiger partial charge is 0.242 e. The van der Waals surface area contributed by atoms with E-state index in [1.165, 1.54) is 0 Å². The van der Waals surface area contributed by atoms with Crippen molar-refractivity contribution < 1.29 is 9.59 Å². The van der Waals surface area contributed by atoms with Gasteiger partial charge in [-0.2, -0.15) is 0 Å². The average Bonchev–Trinajstić information content (AvgIpc) is 2.79. The van der Waals surface area contributed by atoms with Crippen LogP contribution in [0.3, 0.4) is 0 Å². The van der Waals surface area contributed by atoms with Gasteiger partial charge in [0.1, 0.15) is 6.54 Å². The van der Waals surface area contributed by atoms with Gasteiger partial charge in [0.05, 0.1) is 0 Å². The number of amides is 1. The highest BCUT2D eigenvalue weighted by Crippen LogP contribution is 2.07. The van der Waals surface area contributed by atoms with Crippen LogP contribution in [0.15, 0.2) is 18.5 Å². The van der Waals surface area contributed by atoms with Crippen molar-refractivity contribution in [2.75, 3.05) is 13.1 Å². The number of likely N-dealkylation sites (N-methyl/N-ethyl adjacent to an activating group) is 1. The Kier molecular flexibility index (Phi) is 5.62. The number of rotatable bonds is 7. The van der Waals surface area contributed by atoms with E-state index in [-0.39, 0.29) is 11.7 Å². The number of nitrogens with zero attached hydrogens (tertiary/aromatic N) is 2. The minimum absolute atomic E-state index is 0.0880. The van der Waals surface area contributed by atoms with Crippen LogP contribution in [0, 0.1) is 0 Å². The fourth-order valence-electron chi connectivity index (χ4n) is 1.91. The number of ketones is 1. The molecule has 0 N–H and O–H groups in total. The van der Waals surface area contributed by atoms with Crippen molar-refractivity contribution in [3.8, 4) is 0 Å². The van der Waals surface area contributed by atoms with Gasteiger partial charge in [-0.25, -0.2) is 0 Å². The predicted molar refractivity (Wildman–Crippen MR) is 71.6 cm³/mol. The van der Waals surface area contributed by atoms with E-state index in [4.69, 9.17) is 0 Å². The van der Waals surface area contributed by atoms with E-state index in [0.717, 1.165) is 19.5 Å². The lowest BCUT2D eigenvalue weighted by atomic mass is 10.1. The highest BCUT2D eigenvalue weighted by Gasteiger charge is 2.11. The average molecular weight is 250 g/mol. The molecule has 4 heteroatoms. The maximum absolute atomic E-state index is 11.9. The summed E-state index contributed by atoms with van der Waals surface area (Å²) in [5.74, 6) is 0.233. The zero-order valence-corrected chi connectivity index (χ0v) is 11.5. The van der Waals surface area contributed by atoms with Gasteiger partial charge in [0.15, 0.2) is 5.78 Å². The Morgan fingerprint density at radius 3 is 2.44 bits per heavy atom. The predicted octanol–water partition coefficient (Wildman–Crippen LogP) is 2.34. The molecule has 0 radical (unpaired) electrons. The van der Waals surface area contributed by atoms with Crippen LogP contribution in [0.2, 0.25) is 0 Å².